The van der Waals surface area contributed by atoms with Gasteiger partial charge in [0.05, 0.1) is 0 Å². The number of rotatable bonds is 3. The van der Waals surface area contributed by atoms with Crippen LogP contribution >= 0.6 is 12.4 Å². The van der Waals surface area contributed by atoms with Gasteiger partial charge in [-0.25, -0.2) is 0 Å². The van der Waals surface area contributed by atoms with E-state index in [1.54, 1.807) is 0 Å². The van der Waals surface area contributed by atoms with Crippen LogP contribution in [0.15, 0.2) is 18.2 Å². The highest BCUT2D eigenvalue weighted by Crippen LogP contribution is 2.33. The number of nitrogens with two attached hydrogens (primary N) is 1. The summed E-state index contributed by atoms with van der Waals surface area (Å²) in [6.45, 7) is 5.61. The van der Waals surface area contributed by atoms with E-state index >= 15 is 0 Å². The van der Waals surface area contributed by atoms with E-state index in [4.69, 9.17) is 15.2 Å². The lowest BCUT2D eigenvalue weighted by Gasteiger charge is -2.21. The zero-order valence-electron chi connectivity index (χ0n) is 10.3. The van der Waals surface area contributed by atoms with Crippen LogP contribution in [0.2, 0.25) is 0 Å². The lowest BCUT2D eigenvalue weighted by atomic mass is 9.97. The minimum absolute atomic E-state index is 0. The molecule has 0 bridgehead atoms. The maximum absolute atomic E-state index is 6.13. The molecule has 2 rings (SSSR count). The standard InChI is InChI=1S/C13H19NO2.ClH/c1-9(2)7-11(14)10-3-4-12-13(8-10)16-6-5-15-12;/h3-4,8-9,11H,5-7,14H2,1-2H3;1H/t11-;/m0./s1. The van der Waals surface area contributed by atoms with Gasteiger partial charge >= 0.3 is 0 Å². The molecule has 0 saturated heterocycles. The maximum atomic E-state index is 6.13. The zero-order chi connectivity index (χ0) is 11.5. The number of fused-ring (bicyclic) bond motifs is 1. The predicted octanol–water partition coefficient (Wildman–Crippen LogP) is 2.93. The van der Waals surface area contributed by atoms with Gasteiger partial charge in [-0.15, -0.1) is 12.4 Å². The normalized spacial score (nSPS) is 15.3. The number of benzene rings is 1. The number of hydrogen-bond donors (Lipinski definition) is 1. The van der Waals surface area contributed by atoms with E-state index in [9.17, 15) is 0 Å². The van der Waals surface area contributed by atoms with Crippen LogP contribution in [-0.2, 0) is 0 Å². The van der Waals surface area contributed by atoms with Crippen molar-refractivity contribution in [3.05, 3.63) is 23.8 Å². The van der Waals surface area contributed by atoms with Gasteiger partial charge in [0.1, 0.15) is 13.2 Å². The molecule has 17 heavy (non-hydrogen) atoms. The highest BCUT2D eigenvalue weighted by atomic mass is 35.5. The summed E-state index contributed by atoms with van der Waals surface area (Å²) in [7, 11) is 0. The molecule has 1 heterocycles. The van der Waals surface area contributed by atoms with E-state index < -0.39 is 0 Å². The van der Waals surface area contributed by atoms with Crippen LogP contribution in [0.5, 0.6) is 11.5 Å². The van der Waals surface area contributed by atoms with Crippen molar-refractivity contribution < 1.29 is 9.47 Å². The molecule has 0 amide bonds. The minimum Gasteiger partial charge on any atom is -0.486 e. The molecule has 2 N–H and O–H groups in total. The van der Waals surface area contributed by atoms with Crippen LogP contribution in [0.25, 0.3) is 0 Å². The molecular weight excluding hydrogens is 238 g/mol. The van der Waals surface area contributed by atoms with Gasteiger partial charge in [-0.1, -0.05) is 19.9 Å². The van der Waals surface area contributed by atoms with Crippen molar-refractivity contribution in [2.75, 3.05) is 13.2 Å². The summed E-state index contributed by atoms with van der Waals surface area (Å²) >= 11 is 0. The molecule has 0 unspecified atom stereocenters. The van der Waals surface area contributed by atoms with Crippen LogP contribution in [0.1, 0.15) is 31.9 Å². The van der Waals surface area contributed by atoms with Gasteiger partial charge in [0.25, 0.3) is 0 Å². The number of hydrogen-bond acceptors (Lipinski definition) is 3. The minimum atomic E-state index is 0. The molecule has 0 saturated carbocycles. The van der Waals surface area contributed by atoms with Crippen molar-refractivity contribution >= 4 is 12.4 Å². The predicted molar refractivity (Wildman–Crippen MR) is 71.1 cm³/mol. The van der Waals surface area contributed by atoms with E-state index in [1.807, 2.05) is 18.2 Å². The van der Waals surface area contributed by atoms with Gasteiger partial charge in [0.2, 0.25) is 0 Å². The number of ether oxygens (including phenoxy) is 2. The zero-order valence-corrected chi connectivity index (χ0v) is 11.1. The van der Waals surface area contributed by atoms with Gasteiger partial charge in [0, 0.05) is 6.04 Å². The summed E-state index contributed by atoms with van der Waals surface area (Å²) in [6.07, 6.45) is 0.986. The monoisotopic (exact) mass is 257 g/mol. The Kier molecular flexibility index (Phi) is 5.09. The molecule has 0 radical (unpaired) electrons. The number of halogens is 1. The first-order chi connectivity index (χ1) is 7.66. The second kappa shape index (κ2) is 6.12. The van der Waals surface area contributed by atoms with Crippen molar-refractivity contribution in [2.45, 2.75) is 26.3 Å². The van der Waals surface area contributed by atoms with Gasteiger partial charge in [0.15, 0.2) is 11.5 Å². The quantitative estimate of drug-likeness (QED) is 0.906. The maximum Gasteiger partial charge on any atom is 0.161 e. The van der Waals surface area contributed by atoms with Gasteiger partial charge in [-0.05, 0) is 30.0 Å². The molecule has 96 valence electrons. The summed E-state index contributed by atoms with van der Waals surface area (Å²) < 4.78 is 11.0. The van der Waals surface area contributed by atoms with E-state index in [1.165, 1.54) is 0 Å². The summed E-state index contributed by atoms with van der Waals surface area (Å²) in [4.78, 5) is 0. The van der Waals surface area contributed by atoms with Gasteiger partial charge < -0.3 is 15.2 Å². The fourth-order valence-corrected chi connectivity index (χ4v) is 1.93. The van der Waals surface area contributed by atoms with E-state index in [2.05, 4.69) is 13.8 Å². The Bertz CT molecular complexity index is 368. The van der Waals surface area contributed by atoms with E-state index in [0.29, 0.717) is 19.1 Å². The molecule has 0 fully saturated rings. The smallest absolute Gasteiger partial charge is 0.161 e. The third-order valence-electron chi connectivity index (χ3n) is 2.72. The highest BCUT2D eigenvalue weighted by molar-refractivity contribution is 5.85. The Hall–Kier alpha value is -0.930. The lowest BCUT2D eigenvalue weighted by molar-refractivity contribution is 0.171. The molecule has 1 atom stereocenters. The summed E-state index contributed by atoms with van der Waals surface area (Å²) in [5.41, 5.74) is 7.26. The molecule has 0 aliphatic carbocycles. The van der Waals surface area contributed by atoms with Crippen molar-refractivity contribution in [1.29, 1.82) is 0 Å². The van der Waals surface area contributed by atoms with E-state index in [-0.39, 0.29) is 18.4 Å². The van der Waals surface area contributed by atoms with Crippen molar-refractivity contribution in [3.8, 4) is 11.5 Å². The first kappa shape index (κ1) is 14.1. The van der Waals surface area contributed by atoms with Crippen LogP contribution in [0, 0.1) is 5.92 Å². The van der Waals surface area contributed by atoms with Crippen molar-refractivity contribution in [2.24, 2.45) is 11.7 Å². The van der Waals surface area contributed by atoms with Crippen molar-refractivity contribution in [1.82, 2.24) is 0 Å². The van der Waals surface area contributed by atoms with Crippen LogP contribution in [-0.4, -0.2) is 13.2 Å². The van der Waals surface area contributed by atoms with Crippen LogP contribution < -0.4 is 15.2 Å². The Labute approximate surface area is 109 Å². The molecular formula is C13H20ClNO2. The van der Waals surface area contributed by atoms with Crippen LogP contribution in [0.3, 0.4) is 0 Å². The molecule has 1 aromatic carbocycles. The highest BCUT2D eigenvalue weighted by Gasteiger charge is 2.15. The summed E-state index contributed by atoms with van der Waals surface area (Å²) in [5.74, 6) is 2.25. The Morgan fingerprint density at radius 2 is 1.82 bits per heavy atom. The third kappa shape index (κ3) is 3.51. The first-order valence-corrected chi connectivity index (χ1v) is 5.82. The molecule has 1 aliphatic rings. The molecule has 4 heteroatoms. The molecule has 1 aromatic rings. The second-order valence-electron chi connectivity index (χ2n) is 4.64. The van der Waals surface area contributed by atoms with Gasteiger partial charge in [-0.2, -0.15) is 0 Å². The molecule has 0 spiro atoms. The van der Waals surface area contributed by atoms with Gasteiger partial charge in [-0.3, -0.25) is 0 Å². The lowest BCUT2D eigenvalue weighted by Crippen LogP contribution is -2.17. The first-order valence-electron chi connectivity index (χ1n) is 5.82. The third-order valence-corrected chi connectivity index (χ3v) is 2.72. The second-order valence-corrected chi connectivity index (χ2v) is 4.64. The fourth-order valence-electron chi connectivity index (χ4n) is 1.93. The Morgan fingerprint density at radius 1 is 1.18 bits per heavy atom. The molecule has 0 aromatic heterocycles. The largest absolute Gasteiger partial charge is 0.486 e. The summed E-state index contributed by atoms with van der Waals surface area (Å²) in [6, 6.07) is 6.06. The topological polar surface area (TPSA) is 44.5 Å². The molecule has 3 nitrogen and oxygen atoms in total. The average Bonchev–Trinajstić information content (AvgIpc) is 2.27. The Balaban J connectivity index is 0.00000144. The average molecular weight is 258 g/mol. The summed E-state index contributed by atoms with van der Waals surface area (Å²) in [5, 5.41) is 0. The van der Waals surface area contributed by atoms with Crippen LogP contribution in [0.4, 0.5) is 0 Å². The Morgan fingerprint density at radius 3 is 2.47 bits per heavy atom. The SMILES string of the molecule is CC(C)C[C@H](N)c1ccc2c(c1)OCCO2.Cl. The van der Waals surface area contributed by atoms with Crippen molar-refractivity contribution in [3.63, 3.8) is 0 Å². The fraction of sp³-hybridized carbons (Fsp3) is 0.538. The molecule has 1 aliphatic heterocycles. The van der Waals surface area contributed by atoms with E-state index in [0.717, 1.165) is 23.5 Å².